The molecule has 1 atom stereocenters. The number of halogens is 2. The van der Waals surface area contributed by atoms with Crippen LogP contribution in [0.1, 0.15) is 16.4 Å². The number of hydrogen-bond donors (Lipinski definition) is 1. The van der Waals surface area contributed by atoms with Gasteiger partial charge in [0.05, 0.1) is 6.61 Å². The zero-order valence-corrected chi connectivity index (χ0v) is 14.3. The minimum Gasteiger partial charge on any atom is -0.383 e. The average Bonchev–Trinajstić information content (AvgIpc) is 2.88. The van der Waals surface area contributed by atoms with Crippen molar-refractivity contribution in [3.8, 4) is 0 Å². The molecule has 2 nitrogen and oxygen atoms in total. The van der Waals surface area contributed by atoms with Crippen molar-refractivity contribution in [3.63, 3.8) is 0 Å². The Balaban J connectivity index is 2.04. The van der Waals surface area contributed by atoms with E-state index in [0.29, 0.717) is 12.5 Å². The molecule has 1 aromatic heterocycles. The van der Waals surface area contributed by atoms with Gasteiger partial charge in [0.15, 0.2) is 0 Å². The van der Waals surface area contributed by atoms with Crippen molar-refractivity contribution >= 4 is 27.3 Å². The summed E-state index contributed by atoms with van der Waals surface area (Å²) < 4.78 is 19.3. The highest BCUT2D eigenvalue weighted by Crippen LogP contribution is 2.26. The monoisotopic (exact) mass is 371 g/mol. The molecule has 0 aliphatic carbocycles. The summed E-state index contributed by atoms with van der Waals surface area (Å²) in [5.74, 6) is 0.136. The lowest BCUT2D eigenvalue weighted by Gasteiger charge is -2.17. The van der Waals surface area contributed by atoms with E-state index in [2.05, 4.69) is 32.7 Å². The van der Waals surface area contributed by atoms with E-state index in [9.17, 15) is 4.39 Å². The lowest BCUT2D eigenvalue weighted by atomic mass is 9.95. The lowest BCUT2D eigenvalue weighted by Crippen LogP contribution is -2.26. The second kappa shape index (κ2) is 8.63. The molecule has 21 heavy (non-hydrogen) atoms. The van der Waals surface area contributed by atoms with E-state index in [0.717, 1.165) is 29.5 Å². The maximum Gasteiger partial charge on any atom is 0.123 e. The first kappa shape index (κ1) is 16.6. The number of benzene rings is 1. The van der Waals surface area contributed by atoms with Crippen LogP contribution in [0.2, 0.25) is 0 Å². The number of methoxy groups -OCH3 is 1. The fourth-order valence-corrected chi connectivity index (χ4v) is 3.73. The van der Waals surface area contributed by atoms with Gasteiger partial charge in [-0.05, 0) is 46.1 Å². The summed E-state index contributed by atoms with van der Waals surface area (Å²) >= 11 is 5.24. The Morgan fingerprint density at radius 2 is 2.10 bits per heavy atom. The van der Waals surface area contributed by atoms with E-state index in [1.807, 2.05) is 12.1 Å². The number of thiophene rings is 1. The van der Waals surface area contributed by atoms with Crippen molar-refractivity contribution in [3.05, 3.63) is 56.4 Å². The Bertz CT molecular complexity index is 543. The molecule has 0 radical (unpaired) electrons. The maximum absolute atomic E-state index is 13.1. The number of rotatable bonds is 8. The summed E-state index contributed by atoms with van der Waals surface area (Å²) in [6.45, 7) is 2.37. The molecule has 0 aliphatic rings. The molecule has 0 saturated heterocycles. The van der Waals surface area contributed by atoms with Gasteiger partial charge in [-0.3, -0.25) is 0 Å². The highest BCUT2D eigenvalue weighted by atomic mass is 79.9. The summed E-state index contributed by atoms with van der Waals surface area (Å²) in [5.41, 5.74) is 1.16. The first-order chi connectivity index (χ1) is 10.2. The topological polar surface area (TPSA) is 21.3 Å². The number of nitrogens with one attached hydrogen (secondary N) is 1. The van der Waals surface area contributed by atoms with Crippen LogP contribution in [0.4, 0.5) is 4.39 Å². The summed E-state index contributed by atoms with van der Waals surface area (Å²) in [7, 11) is 1.70. The fraction of sp³-hybridized carbons (Fsp3) is 0.375. The third-order valence-electron chi connectivity index (χ3n) is 3.28. The van der Waals surface area contributed by atoms with Gasteiger partial charge in [-0.25, -0.2) is 4.39 Å². The van der Waals surface area contributed by atoms with E-state index in [-0.39, 0.29) is 5.82 Å². The van der Waals surface area contributed by atoms with Crippen molar-refractivity contribution in [2.24, 2.45) is 0 Å². The average molecular weight is 372 g/mol. The molecule has 5 heteroatoms. The SMILES string of the molecule is COCCNCC(Cc1cc(Br)cs1)c1ccc(F)cc1. The molecule has 1 unspecified atom stereocenters. The van der Waals surface area contributed by atoms with Crippen LogP contribution in [0.5, 0.6) is 0 Å². The molecule has 1 N–H and O–H groups in total. The zero-order valence-electron chi connectivity index (χ0n) is 11.9. The predicted octanol–water partition coefficient (Wildman–Crippen LogP) is 4.21. The second-order valence-electron chi connectivity index (χ2n) is 4.88. The molecular formula is C16H19BrFNOS. The van der Waals surface area contributed by atoms with Gasteiger partial charge in [-0.1, -0.05) is 12.1 Å². The molecule has 2 aromatic rings. The largest absolute Gasteiger partial charge is 0.383 e. The van der Waals surface area contributed by atoms with Gasteiger partial charge < -0.3 is 10.1 Å². The lowest BCUT2D eigenvalue weighted by molar-refractivity contribution is 0.199. The maximum atomic E-state index is 13.1. The third-order valence-corrected chi connectivity index (χ3v) is 5.00. The van der Waals surface area contributed by atoms with E-state index in [1.54, 1.807) is 18.4 Å². The molecule has 0 fully saturated rings. The summed E-state index contributed by atoms with van der Waals surface area (Å²) in [6, 6.07) is 8.96. The molecule has 0 aliphatic heterocycles. The van der Waals surface area contributed by atoms with Crippen LogP contribution in [-0.4, -0.2) is 26.8 Å². The molecular weight excluding hydrogens is 353 g/mol. The van der Waals surface area contributed by atoms with E-state index in [1.165, 1.54) is 17.0 Å². The number of ether oxygens (including phenoxy) is 1. The molecule has 0 spiro atoms. The minimum atomic E-state index is -0.191. The first-order valence-electron chi connectivity index (χ1n) is 6.87. The highest BCUT2D eigenvalue weighted by molar-refractivity contribution is 9.10. The van der Waals surface area contributed by atoms with Gasteiger partial charge in [-0.15, -0.1) is 11.3 Å². The van der Waals surface area contributed by atoms with Crippen molar-refractivity contribution < 1.29 is 9.13 Å². The Labute approximate surface area is 137 Å². The van der Waals surface area contributed by atoms with Gasteiger partial charge in [0.25, 0.3) is 0 Å². The molecule has 2 rings (SSSR count). The van der Waals surface area contributed by atoms with Gasteiger partial charge in [-0.2, -0.15) is 0 Å². The quantitative estimate of drug-likeness (QED) is 0.701. The molecule has 114 valence electrons. The zero-order chi connectivity index (χ0) is 15.1. The summed E-state index contributed by atoms with van der Waals surface area (Å²) in [6.07, 6.45) is 0.946. The van der Waals surface area contributed by atoms with E-state index >= 15 is 0 Å². The standard InChI is InChI=1S/C16H19BrFNOS/c1-20-7-6-19-10-13(8-16-9-14(17)11-21-16)12-2-4-15(18)5-3-12/h2-5,9,11,13,19H,6-8,10H2,1H3. The van der Waals surface area contributed by atoms with Crippen molar-refractivity contribution in [1.82, 2.24) is 5.32 Å². The smallest absolute Gasteiger partial charge is 0.123 e. The Morgan fingerprint density at radius 1 is 1.33 bits per heavy atom. The fourth-order valence-electron chi connectivity index (χ4n) is 2.20. The van der Waals surface area contributed by atoms with Gasteiger partial charge >= 0.3 is 0 Å². The van der Waals surface area contributed by atoms with Crippen LogP contribution in [0.25, 0.3) is 0 Å². The third kappa shape index (κ3) is 5.51. The van der Waals surface area contributed by atoms with Crippen molar-refractivity contribution in [2.45, 2.75) is 12.3 Å². The van der Waals surface area contributed by atoms with Crippen LogP contribution in [0.15, 0.2) is 40.2 Å². The predicted molar refractivity (Wildman–Crippen MR) is 89.6 cm³/mol. The Hall–Kier alpha value is -0.750. The first-order valence-corrected chi connectivity index (χ1v) is 8.54. The Kier molecular flexibility index (Phi) is 6.83. The van der Waals surface area contributed by atoms with Crippen LogP contribution >= 0.6 is 27.3 Å². The van der Waals surface area contributed by atoms with E-state index < -0.39 is 0 Å². The summed E-state index contributed by atoms with van der Waals surface area (Å²) in [5, 5.41) is 5.49. The minimum absolute atomic E-state index is 0.191. The second-order valence-corrected chi connectivity index (χ2v) is 6.79. The molecule has 0 saturated carbocycles. The van der Waals surface area contributed by atoms with Crippen LogP contribution < -0.4 is 5.32 Å². The van der Waals surface area contributed by atoms with Crippen LogP contribution in [-0.2, 0) is 11.2 Å². The highest BCUT2D eigenvalue weighted by Gasteiger charge is 2.13. The van der Waals surface area contributed by atoms with Gasteiger partial charge in [0, 0.05) is 40.8 Å². The van der Waals surface area contributed by atoms with Crippen LogP contribution in [0.3, 0.4) is 0 Å². The van der Waals surface area contributed by atoms with Gasteiger partial charge in [0.1, 0.15) is 5.82 Å². The van der Waals surface area contributed by atoms with Crippen molar-refractivity contribution in [2.75, 3.05) is 26.8 Å². The van der Waals surface area contributed by atoms with Crippen LogP contribution in [0, 0.1) is 5.82 Å². The molecule has 1 heterocycles. The molecule has 1 aromatic carbocycles. The summed E-state index contributed by atoms with van der Waals surface area (Å²) in [4.78, 5) is 1.32. The molecule has 0 amide bonds. The van der Waals surface area contributed by atoms with Gasteiger partial charge in [0.2, 0.25) is 0 Å². The molecule has 0 bridgehead atoms. The number of hydrogen-bond acceptors (Lipinski definition) is 3. The van der Waals surface area contributed by atoms with Crippen molar-refractivity contribution in [1.29, 1.82) is 0 Å². The Morgan fingerprint density at radius 3 is 2.71 bits per heavy atom. The normalized spacial score (nSPS) is 12.5. The van der Waals surface area contributed by atoms with E-state index in [4.69, 9.17) is 4.74 Å².